The molecule has 25 heavy (non-hydrogen) atoms. The maximum Gasteiger partial charge on any atom is 0.234 e. The number of aryl methyl sites for hydroxylation is 1. The van der Waals surface area contributed by atoms with Gasteiger partial charge in [-0.3, -0.25) is 9.69 Å². The summed E-state index contributed by atoms with van der Waals surface area (Å²) in [6.45, 7) is 4.64. The van der Waals surface area contributed by atoms with Gasteiger partial charge in [0, 0.05) is 31.6 Å². The Balaban J connectivity index is 0.00000225. The first-order chi connectivity index (χ1) is 11.6. The second-order valence-electron chi connectivity index (χ2n) is 6.58. The molecule has 5 heteroatoms. The van der Waals surface area contributed by atoms with Gasteiger partial charge in [-0.2, -0.15) is 0 Å². The van der Waals surface area contributed by atoms with Gasteiger partial charge in [0.1, 0.15) is 0 Å². The molecule has 0 bridgehead atoms. The smallest absolute Gasteiger partial charge is 0.234 e. The molecule has 1 heterocycles. The van der Waals surface area contributed by atoms with Crippen molar-refractivity contribution in [1.82, 2.24) is 10.2 Å². The van der Waals surface area contributed by atoms with Gasteiger partial charge in [0.25, 0.3) is 0 Å². The monoisotopic (exact) mass is 359 g/mol. The zero-order chi connectivity index (χ0) is 16.9. The number of benzene rings is 2. The zero-order valence-corrected chi connectivity index (χ0v) is 15.3. The fourth-order valence-electron chi connectivity index (χ4n) is 3.36. The lowest BCUT2D eigenvalue weighted by Gasteiger charge is -2.16. The van der Waals surface area contributed by atoms with Crippen LogP contribution in [0.2, 0.25) is 0 Å². The van der Waals surface area contributed by atoms with Crippen LogP contribution in [0.15, 0.2) is 54.6 Å². The Morgan fingerprint density at radius 1 is 1.12 bits per heavy atom. The van der Waals surface area contributed by atoms with Crippen molar-refractivity contribution >= 4 is 18.3 Å². The highest BCUT2D eigenvalue weighted by molar-refractivity contribution is 5.85. The Bertz CT molecular complexity index is 692. The molecule has 2 aromatic rings. The van der Waals surface area contributed by atoms with Crippen molar-refractivity contribution in [1.29, 1.82) is 0 Å². The standard InChI is InChI=1S/C20H25N3O.ClH/c1-15-7-5-6-10-17(15)11-22-20(24)14-23-12-18(19(21)13-23)16-8-3-2-4-9-16;/h2-10,18-19H,11-14,21H2,1H3,(H,22,24);1H/t18-,19+;/m0./s1. The Hall–Kier alpha value is -1.88. The fraction of sp³-hybridized carbons (Fsp3) is 0.350. The summed E-state index contributed by atoms with van der Waals surface area (Å²) < 4.78 is 0. The van der Waals surface area contributed by atoms with E-state index in [9.17, 15) is 4.79 Å². The maximum atomic E-state index is 12.2. The van der Waals surface area contributed by atoms with Crippen LogP contribution in [-0.2, 0) is 11.3 Å². The first-order valence-corrected chi connectivity index (χ1v) is 8.47. The summed E-state index contributed by atoms with van der Waals surface area (Å²) in [5.74, 6) is 0.356. The topological polar surface area (TPSA) is 58.4 Å². The molecule has 0 aliphatic carbocycles. The van der Waals surface area contributed by atoms with Crippen LogP contribution in [0.3, 0.4) is 0 Å². The second-order valence-corrected chi connectivity index (χ2v) is 6.58. The van der Waals surface area contributed by atoms with Gasteiger partial charge in [-0.25, -0.2) is 0 Å². The molecule has 0 aromatic heterocycles. The second kappa shape index (κ2) is 8.99. The van der Waals surface area contributed by atoms with Crippen LogP contribution in [0.25, 0.3) is 0 Å². The molecule has 0 radical (unpaired) electrons. The van der Waals surface area contributed by atoms with Crippen molar-refractivity contribution in [3.8, 4) is 0 Å². The average Bonchev–Trinajstić information content (AvgIpc) is 2.95. The van der Waals surface area contributed by atoms with E-state index < -0.39 is 0 Å². The zero-order valence-electron chi connectivity index (χ0n) is 14.5. The number of hydrogen-bond acceptors (Lipinski definition) is 3. The molecule has 2 aromatic carbocycles. The van der Waals surface area contributed by atoms with Crippen LogP contribution < -0.4 is 11.1 Å². The van der Waals surface area contributed by atoms with E-state index in [1.54, 1.807) is 0 Å². The fourth-order valence-corrected chi connectivity index (χ4v) is 3.36. The van der Waals surface area contributed by atoms with Crippen LogP contribution in [0, 0.1) is 6.92 Å². The molecule has 1 amide bonds. The van der Waals surface area contributed by atoms with Gasteiger partial charge in [0.2, 0.25) is 5.91 Å². The summed E-state index contributed by atoms with van der Waals surface area (Å²) in [5, 5.41) is 3.01. The van der Waals surface area contributed by atoms with E-state index in [1.165, 1.54) is 11.1 Å². The van der Waals surface area contributed by atoms with Gasteiger partial charge >= 0.3 is 0 Å². The van der Waals surface area contributed by atoms with E-state index in [4.69, 9.17) is 5.73 Å². The molecular formula is C20H26ClN3O. The lowest BCUT2D eigenvalue weighted by atomic mass is 9.95. The highest BCUT2D eigenvalue weighted by Gasteiger charge is 2.31. The van der Waals surface area contributed by atoms with E-state index in [1.807, 2.05) is 36.4 Å². The largest absolute Gasteiger partial charge is 0.351 e. The number of rotatable bonds is 5. The summed E-state index contributed by atoms with van der Waals surface area (Å²) in [5.41, 5.74) is 9.90. The van der Waals surface area contributed by atoms with E-state index in [2.05, 4.69) is 35.3 Å². The van der Waals surface area contributed by atoms with Crippen LogP contribution in [0.1, 0.15) is 22.6 Å². The molecule has 4 nitrogen and oxygen atoms in total. The van der Waals surface area contributed by atoms with Crippen molar-refractivity contribution < 1.29 is 4.79 Å². The van der Waals surface area contributed by atoms with E-state index in [0.29, 0.717) is 19.0 Å². The van der Waals surface area contributed by atoms with Crippen LogP contribution >= 0.6 is 12.4 Å². The average molecular weight is 360 g/mol. The molecule has 134 valence electrons. The van der Waals surface area contributed by atoms with Crippen LogP contribution in [0.5, 0.6) is 0 Å². The Morgan fingerprint density at radius 2 is 1.80 bits per heavy atom. The highest BCUT2D eigenvalue weighted by atomic mass is 35.5. The maximum absolute atomic E-state index is 12.2. The molecular weight excluding hydrogens is 334 g/mol. The van der Waals surface area contributed by atoms with Gasteiger partial charge in [-0.15, -0.1) is 12.4 Å². The summed E-state index contributed by atoms with van der Waals surface area (Å²) in [6.07, 6.45) is 0. The number of carbonyl (C=O) groups excluding carboxylic acids is 1. The van der Waals surface area contributed by atoms with E-state index in [0.717, 1.165) is 18.7 Å². The summed E-state index contributed by atoms with van der Waals surface area (Å²) >= 11 is 0. The summed E-state index contributed by atoms with van der Waals surface area (Å²) in [4.78, 5) is 14.4. The number of halogens is 1. The van der Waals surface area contributed by atoms with Crippen LogP contribution in [-0.4, -0.2) is 36.5 Å². The molecule has 0 unspecified atom stereocenters. The Labute approximate surface area is 155 Å². The Kier molecular flexibility index (Phi) is 7.00. The molecule has 1 aliphatic heterocycles. The molecule has 0 spiro atoms. The minimum atomic E-state index is 0. The van der Waals surface area contributed by atoms with Gasteiger partial charge in [-0.1, -0.05) is 54.6 Å². The predicted octanol–water partition coefficient (Wildman–Crippen LogP) is 2.46. The number of hydrogen-bond donors (Lipinski definition) is 2. The van der Waals surface area contributed by atoms with Crippen molar-refractivity contribution in [2.45, 2.75) is 25.4 Å². The first kappa shape index (κ1) is 19.4. The number of nitrogens with zero attached hydrogens (tertiary/aromatic N) is 1. The lowest BCUT2D eigenvalue weighted by Crippen LogP contribution is -2.37. The van der Waals surface area contributed by atoms with Gasteiger partial charge in [-0.05, 0) is 23.6 Å². The number of amides is 1. The molecule has 0 saturated carbocycles. The molecule has 3 rings (SSSR count). The van der Waals surface area contributed by atoms with Gasteiger partial charge in [0.15, 0.2) is 0 Å². The van der Waals surface area contributed by atoms with Crippen molar-refractivity contribution in [3.05, 3.63) is 71.3 Å². The van der Waals surface area contributed by atoms with Crippen molar-refractivity contribution in [2.24, 2.45) is 5.73 Å². The molecule has 1 aliphatic rings. The molecule has 1 fully saturated rings. The van der Waals surface area contributed by atoms with Crippen LogP contribution in [0.4, 0.5) is 0 Å². The van der Waals surface area contributed by atoms with Gasteiger partial charge in [0.05, 0.1) is 6.54 Å². The Morgan fingerprint density at radius 3 is 2.52 bits per heavy atom. The molecule has 3 N–H and O–H groups in total. The highest BCUT2D eigenvalue weighted by Crippen LogP contribution is 2.25. The SMILES string of the molecule is Cc1ccccc1CNC(=O)CN1C[C@@H](N)[C@H](c2ccccc2)C1.Cl. The van der Waals surface area contributed by atoms with Crippen molar-refractivity contribution in [2.75, 3.05) is 19.6 Å². The third-order valence-electron chi connectivity index (χ3n) is 4.77. The third-order valence-corrected chi connectivity index (χ3v) is 4.77. The number of nitrogens with one attached hydrogen (secondary N) is 1. The lowest BCUT2D eigenvalue weighted by molar-refractivity contribution is -0.122. The third kappa shape index (κ3) is 5.05. The van der Waals surface area contributed by atoms with Crippen molar-refractivity contribution in [3.63, 3.8) is 0 Å². The normalized spacial score (nSPS) is 20.1. The minimum Gasteiger partial charge on any atom is -0.351 e. The molecule has 2 atom stereocenters. The van der Waals surface area contributed by atoms with E-state index >= 15 is 0 Å². The predicted molar refractivity (Wildman–Crippen MR) is 104 cm³/mol. The summed E-state index contributed by atoms with van der Waals surface area (Å²) in [7, 11) is 0. The first-order valence-electron chi connectivity index (χ1n) is 8.47. The summed E-state index contributed by atoms with van der Waals surface area (Å²) in [6, 6.07) is 18.5. The van der Waals surface area contributed by atoms with Gasteiger partial charge < -0.3 is 11.1 Å². The quantitative estimate of drug-likeness (QED) is 0.862. The number of likely N-dealkylation sites (tertiary alicyclic amines) is 1. The number of carbonyl (C=O) groups is 1. The number of nitrogens with two attached hydrogens (primary N) is 1. The minimum absolute atomic E-state index is 0. The van der Waals surface area contributed by atoms with E-state index in [-0.39, 0.29) is 24.4 Å². The molecule has 1 saturated heterocycles.